The lowest BCUT2D eigenvalue weighted by Crippen LogP contribution is -2.42. The van der Waals surface area contributed by atoms with Crippen LogP contribution < -0.4 is 5.32 Å². The third-order valence-electron chi connectivity index (χ3n) is 3.77. The maximum absolute atomic E-state index is 12.3. The highest BCUT2D eigenvalue weighted by atomic mass is 35.5. The molecule has 1 N–H and O–H groups in total. The number of amides is 1. The van der Waals surface area contributed by atoms with E-state index in [1.807, 2.05) is 43.9 Å². The molecule has 4 nitrogen and oxygen atoms in total. The summed E-state index contributed by atoms with van der Waals surface area (Å²) in [6, 6.07) is 8.37. The molecule has 0 aliphatic heterocycles. The van der Waals surface area contributed by atoms with E-state index in [0.717, 1.165) is 30.0 Å². The van der Waals surface area contributed by atoms with Crippen LogP contribution in [0.25, 0.3) is 0 Å². The van der Waals surface area contributed by atoms with Crippen molar-refractivity contribution in [2.75, 3.05) is 13.1 Å². The Hall–Kier alpha value is -1.26. The Morgan fingerprint density at radius 3 is 2.70 bits per heavy atom. The standard InChI is InChI=1S/C18H27ClN2O2/c1-13(14-6-5-7-15(19)12-14)20-10-11-21(16-8-9-16)17(22)23-18(2,3)4/h5-7,12-13,16,20H,8-11H2,1-4H3. The molecule has 0 aromatic heterocycles. The van der Waals surface area contributed by atoms with Crippen molar-refractivity contribution in [3.05, 3.63) is 34.9 Å². The van der Waals surface area contributed by atoms with Crippen LogP contribution in [-0.2, 0) is 4.74 Å². The second kappa shape index (κ2) is 7.54. The number of hydrogen-bond donors (Lipinski definition) is 1. The maximum atomic E-state index is 12.3. The number of nitrogens with zero attached hydrogens (tertiary/aromatic N) is 1. The summed E-state index contributed by atoms with van der Waals surface area (Å²) in [4.78, 5) is 14.1. The van der Waals surface area contributed by atoms with Crippen LogP contribution >= 0.6 is 11.6 Å². The summed E-state index contributed by atoms with van der Waals surface area (Å²) >= 11 is 6.03. The minimum absolute atomic E-state index is 0.188. The highest BCUT2D eigenvalue weighted by Crippen LogP contribution is 2.28. The number of carbonyl (C=O) groups is 1. The molecule has 0 saturated heterocycles. The van der Waals surface area contributed by atoms with Crippen molar-refractivity contribution in [1.29, 1.82) is 0 Å². The predicted octanol–water partition coefficient (Wildman–Crippen LogP) is 4.39. The molecule has 1 atom stereocenters. The average Bonchev–Trinajstić information content (AvgIpc) is 3.25. The number of hydrogen-bond acceptors (Lipinski definition) is 3. The molecular weight excluding hydrogens is 312 g/mol. The smallest absolute Gasteiger partial charge is 0.410 e. The van der Waals surface area contributed by atoms with Crippen LogP contribution in [0.1, 0.15) is 52.1 Å². The molecule has 23 heavy (non-hydrogen) atoms. The monoisotopic (exact) mass is 338 g/mol. The summed E-state index contributed by atoms with van der Waals surface area (Å²) in [6.45, 7) is 9.18. The fourth-order valence-corrected chi connectivity index (χ4v) is 2.62. The maximum Gasteiger partial charge on any atom is 0.410 e. The zero-order chi connectivity index (χ0) is 17.0. The molecule has 2 rings (SSSR count). The van der Waals surface area contributed by atoms with Crippen molar-refractivity contribution in [2.24, 2.45) is 0 Å². The van der Waals surface area contributed by atoms with E-state index in [2.05, 4.69) is 18.3 Å². The molecular formula is C18H27ClN2O2. The second-order valence-electron chi connectivity index (χ2n) is 7.14. The van der Waals surface area contributed by atoms with Gasteiger partial charge in [0.15, 0.2) is 0 Å². The number of benzene rings is 1. The highest BCUT2D eigenvalue weighted by molar-refractivity contribution is 6.30. The first-order chi connectivity index (χ1) is 10.8. The van der Waals surface area contributed by atoms with Gasteiger partial charge in [0.25, 0.3) is 0 Å². The topological polar surface area (TPSA) is 41.6 Å². The molecule has 128 valence electrons. The number of carbonyl (C=O) groups excluding carboxylic acids is 1. The molecule has 1 aliphatic rings. The SMILES string of the molecule is CC(NCCN(C(=O)OC(C)(C)C)C1CC1)c1cccc(Cl)c1. The summed E-state index contributed by atoms with van der Waals surface area (Å²) in [6.07, 6.45) is 1.93. The van der Waals surface area contributed by atoms with Gasteiger partial charge in [0, 0.05) is 30.2 Å². The normalized spacial score (nSPS) is 16.0. The van der Waals surface area contributed by atoms with Gasteiger partial charge in [-0.25, -0.2) is 4.79 Å². The Labute approximate surface area is 144 Å². The summed E-state index contributed by atoms with van der Waals surface area (Å²) in [5.41, 5.74) is 0.693. The summed E-state index contributed by atoms with van der Waals surface area (Å²) in [5.74, 6) is 0. The first-order valence-corrected chi connectivity index (χ1v) is 8.62. The van der Waals surface area contributed by atoms with Crippen molar-refractivity contribution in [1.82, 2.24) is 10.2 Å². The van der Waals surface area contributed by atoms with E-state index in [-0.39, 0.29) is 12.1 Å². The molecule has 5 heteroatoms. The van der Waals surface area contributed by atoms with Gasteiger partial charge < -0.3 is 15.0 Å². The van der Waals surface area contributed by atoms with Gasteiger partial charge in [0.2, 0.25) is 0 Å². The van der Waals surface area contributed by atoms with Gasteiger partial charge in [0.1, 0.15) is 5.60 Å². The molecule has 1 aromatic rings. The van der Waals surface area contributed by atoms with Crippen LogP contribution in [0.15, 0.2) is 24.3 Å². The van der Waals surface area contributed by atoms with Crippen molar-refractivity contribution >= 4 is 17.7 Å². The van der Waals surface area contributed by atoms with E-state index in [0.29, 0.717) is 12.6 Å². The molecule has 0 bridgehead atoms. The van der Waals surface area contributed by atoms with Gasteiger partial charge in [0.05, 0.1) is 0 Å². The molecule has 1 fully saturated rings. The van der Waals surface area contributed by atoms with Crippen molar-refractivity contribution in [3.8, 4) is 0 Å². The summed E-state index contributed by atoms with van der Waals surface area (Å²) in [7, 11) is 0. The Kier molecular flexibility index (Phi) is 5.93. The second-order valence-corrected chi connectivity index (χ2v) is 7.57. The number of rotatable bonds is 6. The van der Waals surface area contributed by atoms with E-state index >= 15 is 0 Å². The lowest BCUT2D eigenvalue weighted by atomic mass is 10.1. The fourth-order valence-electron chi connectivity index (χ4n) is 2.42. The fraction of sp³-hybridized carbons (Fsp3) is 0.611. The largest absolute Gasteiger partial charge is 0.444 e. The van der Waals surface area contributed by atoms with E-state index in [1.165, 1.54) is 0 Å². The van der Waals surface area contributed by atoms with Gasteiger partial charge in [-0.1, -0.05) is 23.7 Å². The van der Waals surface area contributed by atoms with Gasteiger partial charge in [-0.05, 0) is 58.2 Å². The predicted molar refractivity (Wildman–Crippen MR) is 93.8 cm³/mol. The van der Waals surface area contributed by atoms with Gasteiger partial charge >= 0.3 is 6.09 Å². The molecule has 1 aromatic carbocycles. The minimum Gasteiger partial charge on any atom is -0.444 e. The molecule has 1 unspecified atom stereocenters. The molecule has 0 spiro atoms. The summed E-state index contributed by atoms with van der Waals surface area (Å²) in [5, 5.41) is 4.19. The van der Waals surface area contributed by atoms with Crippen LogP contribution in [0.5, 0.6) is 0 Å². The lowest BCUT2D eigenvalue weighted by Gasteiger charge is -2.28. The molecule has 1 aliphatic carbocycles. The lowest BCUT2D eigenvalue weighted by molar-refractivity contribution is 0.0235. The quantitative estimate of drug-likeness (QED) is 0.836. The van der Waals surface area contributed by atoms with E-state index in [1.54, 1.807) is 0 Å². The molecule has 0 heterocycles. The average molecular weight is 339 g/mol. The Morgan fingerprint density at radius 1 is 1.43 bits per heavy atom. The highest BCUT2D eigenvalue weighted by Gasteiger charge is 2.34. The van der Waals surface area contributed by atoms with Crippen LogP contribution in [0, 0.1) is 0 Å². The van der Waals surface area contributed by atoms with Crippen LogP contribution in [0.2, 0.25) is 5.02 Å². The summed E-state index contributed by atoms with van der Waals surface area (Å²) < 4.78 is 5.50. The van der Waals surface area contributed by atoms with Gasteiger partial charge in [-0.15, -0.1) is 0 Å². The number of halogens is 1. The first kappa shape index (κ1) is 18.1. The van der Waals surface area contributed by atoms with E-state index in [9.17, 15) is 4.79 Å². The van der Waals surface area contributed by atoms with Gasteiger partial charge in [-0.3, -0.25) is 0 Å². The number of ether oxygens (including phenoxy) is 1. The number of nitrogens with one attached hydrogen (secondary N) is 1. The zero-order valence-electron chi connectivity index (χ0n) is 14.4. The minimum atomic E-state index is -0.453. The van der Waals surface area contributed by atoms with E-state index < -0.39 is 5.60 Å². The van der Waals surface area contributed by atoms with Crippen molar-refractivity contribution < 1.29 is 9.53 Å². The Bertz CT molecular complexity index is 538. The zero-order valence-corrected chi connectivity index (χ0v) is 15.2. The molecule has 1 amide bonds. The van der Waals surface area contributed by atoms with Crippen molar-refractivity contribution in [2.45, 2.75) is 58.2 Å². The van der Waals surface area contributed by atoms with Gasteiger partial charge in [-0.2, -0.15) is 0 Å². The third-order valence-corrected chi connectivity index (χ3v) is 4.00. The van der Waals surface area contributed by atoms with Crippen molar-refractivity contribution in [3.63, 3.8) is 0 Å². The van der Waals surface area contributed by atoms with Crippen LogP contribution in [-0.4, -0.2) is 35.7 Å². The van der Waals surface area contributed by atoms with E-state index in [4.69, 9.17) is 16.3 Å². The van der Waals surface area contributed by atoms with Crippen LogP contribution in [0.4, 0.5) is 4.79 Å². The first-order valence-electron chi connectivity index (χ1n) is 8.25. The Morgan fingerprint density at radius 2 is 2.13 bits per heavy atom. The Balaban J connectivity index is 1.84. The molecule has 1 saturated carbocycles. The third kappa shape index (κ3) is 6.04. The molecule has 0 radical (unpaired) electrons. The van der Waals surface area contributed by atoms with Crippen LogP contribution in [0.3, 0.4) is 0 Å².